The van der Waals surface area contributed by atoms with Crippen LogP contribution in [0.5, 0.6) is 0 Å². The molecule has 0 unspecified atom stereocenters. The minimum Gasteiger partial charge on any atom is -0.378 e. The van der Waals surface area contributed by atoms with E-state index in [1.807, 2.05) is 42.5 Å². The first-order valence-electron chi connectivity index (χ1n) is 12.2. The number of halogens is 3. The number of carbonyl (C=O) groups excluding carboxylic acids is 1. The number of Topliss-reactive ketones (excluding diaryl/α,β-unsaturated/α-hetero) is 1. The Labute approximate surface area is 212 Å². The SMILES string of the molecule is O=C(CCc1cccc(C(F)(F)F)c1)Cc1ccc(-c2ccc3ncc(N4CCOCC4)nc3c2)cc1. The summed E-state index contributed by atoms with van der Waals surface area (Å²) >= 11 is 0. The summed E-state index contributed by atoms with van der Waals surface area (Å²) in [5.41, 5.74) is 4.33. The van der Waals surface area contributed by atoms with E-state index in [0.717, 1.165) is 58.8 Å². The van der Waals surface area contributed by atoms with Gasteiger partial charge in [0.25, 0.3) is 0 Å². The van der Waals surface area contributed by atoms with E-state index in [1.165, 1.54) is 6.07 Å². The van der Waals surface area contributed by atoms with Crippen molar-refractivity contribution in [2.24, 2.45) is 0 Å². The average Bonchev–Trinajstić information content (AvgIpc) is 2.92. The molecule has 0 atom stereocenters. The highest BCUT2D eigenvalue weighted by molar-refractivity contribution is 5.83. The fourth-order valence-electron chi connectivity index (χ4n) is 4.44. The van der Waals surface area contributed by atoms with Gasteiger partial charge in [0.1, 0.15) is 11.6 Å². The molecule has 2 heterocycles. The largest absolute Gasteiger partial charge is 0.416 e. The summed E-state index contributed by atoms with van der Waals surface area (Å²) in [6.07, 6.45) is -1.87. The zero-order chi connectivity index (χ0) is 25.8. The van der Waals surface area contributed by atoms with Crippen LogP contribution in [0.15, 0.2) is 72.9 Å². The van der Waals surface area contributed by atoms with Crippen LogP contribution < -0.4 is 4.90 Å². The van der Waals surface area contributed by atoms with Crippen LogP contribution in [0.3, 0.4) is 0 Å². The smallest absolute Gasteiger partial charge is 0.378 e. The zero-order valence-electron chi connectivity index (χ0n) is 20.2. The second kappa shape index (κ2) is 10.7. The Kier molecular flexibility index (Phi) is 7.19. The summed E-state index contributed by atoms with van der Waals surface area (Å²) < 4.78 is 44.1. The lowest BCUT2D eigenvalue weighted by atomic mass is 9.99. The fourth-order valence-corrected chi connectivity index (χ4v) is 4.44. The number of hydrogen-bond acceptors (Lipinski definition) is 5. The molecule has 0 saturated carbocycles. The van der Waals surface area contributed by atoms with Crippen molar-refractivity contribution in [2.45, 2.75) is 25.4 Å². The van der Waals surface area contributed by atoms with Gasteiger partial charge in [-0.3, -0.25) is 9.78 Å². The fraction of sp³-hybridized carbons (Fsp3) is 0.276. The van der Waals surface area contributed by atoms with Crippen molar-refractivity contribution in [2.75, 3.05) is 31.2 Å². The zero-order valence-corrected chi connectivity index (χ0v) is 20.2. The van der Waals surface area contributed by atoms with E-state index in [2.05, 4.69) is 9.88 Å². The van der Waals surface area contributed by atoms with Crippen molar-refractivity contribution >= 4 is 22.6 Å². The molecule has 1 saturated heterocycles. The molecule has 5 rings (SSSR count). The third-order valence-corrected chi connectivity index (χ3v) is 6.50. The van der Waals surface area contributed by atoms with E-state index >= 15 is 0 Å². The molecule has 190 valence electrons. The van der Waals surface area contributed by atoms with Crippen LogP contribution in [0.1, 0.15) is 23.1 Å². The molecular weight excluding hydrogens is 479 g/mol. The Morgan fingerprint density at radius 1 is 0.892 bits per heavy atom. The number of aromatic nitrogens is 2. The first-order valence-corrected chi connectivity index (χ1v) is 12.2. The van der Waals surface area contributed by atoms with Gasteiger partial charge in [-0.05, 0) is 46.9 Å². The lowest BCUT2D eigenvalue weighted by molar-refractivity contribution is -0.137. The number of benzene rings is 3. The number of alkyl halides is 3. The second-order valence-electron chi connectivity index (χ2n) is 9.14. The Morgan fingerprint density at radius 3 is 2.41 bits per heavy atom. The predicted octanol–water partition coefficient (Wildman–Crippen LogP) is 5.90. The molecule has 0 spiro atoms. The summed E-state index contributed by atoms with van der Waals surface area (Å²) in [5, 5.41) is 0. The number of ketones is 1. The van der Waals surface area contributed by atoms with E-state index in [0.29, 0.717) is 18.8 Å². The van der Waals surface area contributed by atoms with Crippen molar-refractivity contribution in [3.05, 3.63) is 89.6 Å². The summed E-state index contributed by atoms with van der Waals surface area (Å²) in [5.74, 6) is 0.828. The summed E-state index contributed by atoms with van der Waals surface area (Å²) in [6.45, 7) is 2.94. The normalized spacial score (nSPS) is 14.2. The molecule has 1 fully saturated rings. The van der Waals surface area contributed by atoms with Gasteiger partial charge in [-0.1, -0.05) is 48.5 Å². The maximum atomic E-state index is 12.9. The molecule has 0 N–H and O–H groups in total. The molecule has 4 aromatic rings. The van der Waals surface area contributed by atoms with Crippen LogP contribution >= 0.6 is 0 Å². The molecule has 8 heteroatoms. The van der Waals surface area contributed by atoms with E-state index < -0.39 is 11.7 Å². The number of nitrogens with zero attached hydrogens (tertiary/aromatic N) is 3. The van der Waals surface area contributed by atoms with Crippen molar-refractivity contribution in [3.63, 3.8) is 0 Å². The number of fused-ring (bicyclic) bond motifs is 1. The van der Waals surface area contributed by atoms with Crippen LogP contribution in [0.25, 0.3) is 22.2 Å². The highest BCUT2D eigenvalue weighted by atomic mass is 19.4. The lowest BCUT2D eigenvalue weighted by Crippen LogP contribution is -2.36. The van der Waals surface area contributed by atoms with Crippen molar-refractivity contribution in [1.82, 2.24) is 9.97 Å². The van der Waals surface area contributed by atoms with Crippen molar-refractivity contribution < 1.29 is 22.7 Å². The van der Waals surface area contributed by atoms with E-state index in [-0.39, 0.29) is 25.0 Å². The molecule has 1 aromatic heterocycles. The van der Waals surface area contributed by atoms with Gasteiger partial charge in [0, 0.05) is 25.9 Å². The van der Waals surface area contributed by atoms with Gasteiger partial charge in [0.15, 0.2) is 0 Å². The van der Waals surface area contributed by atoms with Gasteiger partial charge in [-0.2, -0.15) is 13.2 Å². The summed E-state index contributed by atoms with van der Waals surface area (Å²) in [4.78, 5) is 24.0. The molecular formula is C29H26F3N3O2. The molecule has 37 heavy (non-hydrogen) atoms. The topological polar surface area (TPSA) is 55.3 Å². The maximum absolute atomic E-state index is 12.9. The van der Waals surface area contributed by atoms with Gasteiger partial charge in [-0.15, -0.1) is 0 Å². The molecule has 0 amide bonds. The van der Waals surface area contributed by atoms with Crippen LogP contribution in [0.4, 0.5) is 19.0 Å². The predicted molar refractivity (Wildman–Crippen MR) is 136 cm³/mol. The third-order valence-electron chi connectivity index (χ3n) is 6.50. The third kappa shape index (κ3) is 6.14. The maximum Gasteiger partial charge on any atom is 0.416 e. The Morgan fingerprint density at radius 2 is 1.65 bits per heavy atom. The molecule has 0 bridgehead atoms. The van der Waals surface area contributed by atoms with Crippen molar-refractivity contribution in [1.29, 1.82) is 0 Å². The van der Waals surface area contributed by atoms with Gasteiger partial charge in [-0.25, -0.2) is 4.98 Å². The van der Waals surface area contributed by atoms with Gasteiger partial charge in [0.2, 0.25) is 0 Å². The average molecular weight is 506 g/mol. The molecule has 3 aromatic carbocycles. The van der Waals surface area contributed by atoms with Crippen LogP contribution in [-0.4, -0.2) is 42.1 Å². The monoisotopic (exact) mass is 505 g/mol. The Hall–Kier alpha value is -3.78. The first-order chi connectivity index (χ1) is 17.8. The van der Waals surface area contributed by atoms with Crippen molar-refractivity contribution in [3.8, 4) is 11.1 Å². The second-order valence-corrected chi connectivity index (χ2v) is 9.14. The minimum atomic E-state index is -4.38. The highest BCUT2D eigenvalue weighted by Crippen LogP contribution is 2.30. The molecule has 0 aliphatic carbocycles. The number of rotatable bonds is 7. The Balaban J connectivity index is 1.23. The van der Waals surface area contributed by atoms with Gasteiger partial charge in [0.05, 0.1) is 36.0 Å². The van der Waals surface area contributed by atoms with E-state index in [1.54, 1.807) is 12.3 Å². The number of morpholine rings is 1. The van der Waals surface area contributed by atoms with E-state index in [4.69, 9.17) is 9.72 Å². The summed E-state index contributed by atoms with van der Waals surface area (Å²) in [6, 6.07) is 18.9. The van der Waals surface area contributed by atoms with Gasteiger partial charge >= 0.3 is 6.18 Å². The molecule has 1 aliphatic heterocycles. The standard InChI is InChI=1S/C29H26F3N3O2/c30-29(31,32)24-3-1-2-20(16-24)6-10-25(36)17-21-4-7-22(8-5-21)23-9-11-26-27(18-23)34-28(19-33-26)35-12-14-37-15-13-35/h1-5,7-9,11,16,18-19H,6,10,12-15,17H2. The molecule has 5 nitrogen and oxygen atoms in total. The summed E-state index contributed by atoms with van der Waals surface area (Å²) in [7, 11) is 0. The number of anilines is 1. The van der Waals surface area contributed by atoms with E-state index in [9.17, 15) is 18.0 Å². The first kappa shape index (κ1) is 24.9. The number of carbonyl (C=O) groups is 1. The number of hydrogen-bond donors (Lipinski definition) is 0. The van der Waals surface area contributed by atoms with Gasteiger partial charge < -0.3 is 9.64 Å². The molecule has 1 aliphatic rings. The van der Waals surface area contributed by atoms with Crippen LogP contribution in [-0.2, 0) is 28.5 Å². The molecule has 0 radical (unpaired) electrons. The van der Waals surface area contributed by atoms with Crippen LogP contribution in [0, 0.1) is 0 Å². The minimum absolute atomic E-state index is 0.0122. The van der Waals surface area contributed by atoms with Crippen LogP contribution in [0.2, 0.25) is 0 Å². The number of ether oxygens (including phenoxy) is 1. The lowest BCUT2D eigenvalue weighted by Gasteiger charge is -2.27. The highest BCUT2D eigenvalue weighted by Gasteiger charge is 2.30. The quantitative estimate of drug-likeness (QED) is 0.313. The Bertz CT molecular complexity index is 1400. The number of aryl methyl sites for hydroxylation is 1.